The van der Waals surface area contributed by atoms with E-state index < -0.39 is 11.6 Å². The molecule has 0 aromatic carbocycles. The number of carbonyl (C=O) groups is 2. The third kappa shape index (κ3) is 1.98. The summed E-state index contributed by atoms with van der Waals surface area (Å²) in [5.74, 6) is -0.114. The van der Waals surface area contributed by atoms with Crippen molar-refractivity contribution in [3.8, 4) is 0 Å². The van der Waals surface area contributed by atoms with Crippen molar-refractivity contribution >= 4 is 11.8 Å². The van der Waals surface area contributed by atoms with Crippen molar-refractivity contribution in [3.05, 3.63) is 0 Å². The average Bonchev–Trinajstić information content (AvgIpc) is 1.96. The van der Waals surface area contributed by atoms with Crippen molar-refractivity contribution in [3.63, 3.8) is 0 Å². The largest absolute Gasteiger partial charge is 0.340 e. The van der Waals surface area contributed by atoms with E-state index in [2.05, 4.69) is 5.32 Å². The van der Waals surface area contributed by atoms with Crippen molar-refractivity contribution in [2.75, 3.05) is 7.05 Å². The fraction of sp³-hybridized carbons (Fsp3) is 0.818. The van der Waals surface area contributed by atoms with Gasteiger partial charge < -0.3 is 10.2 Å². The minimum atomic E-state index is -0.784. The normalized spacial score (nSPS) is 26.5. The molecule has 4 heteroatoms. The first-order valence-electron chi connectivity index (χ1n) is 5.16. The Labute approximate surface area is 91.0 Å². The Bertz CT molecular complexity index is 302. The van der Waals surface area contributed by atoms with Crippen molar-refractivity contribution in [2.45, 2.75) is 46.2 Å². The van der Waals surface area contributed by atoms with Crippen LogP contribution in [0.4, 0.5) is 0 Å². The summed E-state index contributed by atoms with van der Waals surface area (Å²) in [6.45, 7) is 9.32. The third-order valence-corrected chi connectivity index (χ3v) is 2.75. The van der Waals surface area contributed by atoms with Crippen molar-refractivity contribution in [1.82, 2.24) is 10.2 Å². The van der Waals surface area contributed by atoms with E-state index in [1.807, 2.05) is 20.8 Å². The number of nitrogens with one attached hydrogen (secondary N) is 1. The predicted molar refractivity (Wildman–Crippen MR) is 58.2 cm³/mol. The molecule has 0 aromatic heterocycles. The second kappa shape index (κ2) is 3.22. The molecule has 0 bridgehead atoms. The van der Waals surface area contributed by atoms with E-state index in [4.69, 9.17) is 0 Å². The molecule has 86 valence electrons. The molecule has 0 spiro atoms. The van der Waals surface area contributed by atoms with E-state index in [0.29, 0.717) is 0 Å². The standard InChI is InChI=1S/C11H20N2O2/c1-10(2,3)7-8(14)12-11(4,5)9(15)13(7)6/h7H,1-6H3,(H,12,14). The topological polar surface area (TPSA) is 49.4 Å². The second-order valence-electron chi connectivity index (χ2n) is 5.80. The van der Waals surface area contributed by atoms with E-state index >= 15 is 0 Å². The van der Waals surface area contributed by atoms with Gasteiger partial charge in [-0.05, 0) is 19.3 Å². The maximum atomic E-state index is 12.0. The summed E-state index contributed by atoms with van der Waals surface area (Å²) in [5, 5.41) is 2.76. The van der Waals surface area contributed by atoms with Crippen LogP contribution in [0.25, 0.3) is 0 Å². The molecule has 15 heavy (non-hydrogen) atoms. The van der Waals surface area contributed by atoms with Crippen LogP contribution in [0.2, 0.25) is 0 Å². The highest BCUT2D eigenvalue weighted by molar-refractivity contribution is 5.99. The van der Waals surface area contributed by atoms with Gasteiger partial charge in [-0.15, -0.1) is 0 Å². The van der Waals surface area contributed by atoms with Gasteiger partial charge in [0.2, 0.25) is 11.8 Å². The molecule has 4 nitrogen and oxygen atoms in total. The molecule has 1 aliphatic rings. The summed E-state index contributed by atoms with van der Waals surface area (Å²) in [7, 11) is 1.69. The Hall–Kier alpha value is -1.06. The summed E-state index contributed by atoms with van der Waals surface area (Å²) in [6.07, 6.45) is 0. The molecule has 0 aliphatic carbocycles. The molecule has 1 heterocycles. The van der Waals surface area contributed by atoms with E-state index in [1.165, 1.54) is 0 Å². The number of likely N-dealkylation sites (N-methyl/N-ethyl adjacent to an activating group) is 1. The zero-order chi connectivity index (χ0) is 12.0. The van der Waals surface area contributed by atoms with E-state index in [-0.39, 0.29) is 17.2 Å². The Morgan fingerprint density at radius 3 is 2.13 bits per heavy atom. The first kappa shape index (κ1) is 12.0. The van der Waals surface area contributed by atoms with Gasteiger partial charge in [-0.25, -0.2) is 0 Å². The van der Waals surface area contributed by atoms with Crippen molar-refractivity contribution in [2.24, 2.45) is 5.41 Å². The van der Waals surface area contributed by atoms with Crippen LogP contribution < -0.4 is 5.32 Å². The molecular formula is C11H20N2O2. The molecule has 1 aliphatic heterocycles. The molecule has 0 radical (unpaired) electrons. The fourth-order valence-corrected chi connectivity index (χ4v) is 2.14. The first-order valence-corrected chi connectivity index (χ1v) is 5.16. The number of nitrogens with zero attached hydrogens (tertiary/aromatic N) is 1. The maximum Gasteiger partial charge on any atom is 0.248 e. The van der Waals surface area contributed by atoms with Crippen LogP contribution in [-0.2, 0) is 9.59 Å². The number of carbonyl (C=O) groups excluding carboxylic acids is 2. The Morgan fingerprint density at radius 2 is 1.73 bits per heavy atom. The number of amides is 2. The molecule has 1 saturated heterocycles. The Morgan fingerprint density at radius 1 is 1.27 bits per heavy atom. The highest BCUT2D eigenvalue weighted by atomic mass is 16.2. The van der Waals surface area contributed by atoms with Gasteiger partial charge in [0, 0.05) is 7.05 Å². The van der Waals surface area contributed by atoms with Gasteiger partial charge in [0.1, 0.15) is 11.6 Å². The lowest BCUT2D eigenvalue weighted by Crippen LogP contribution is -2.69. The fourth-order valence-electron chi connectivity index (χ4n) is 2.14. The highest BCUT2D eigenvalue weighted by Crippen LogP contribution is 2.28. The smallest absolute Gasteiger partial charge is 0.248 e. The van der Waals surface area contributed by atoms with Crippen LogP contribution in [0.15, 0.2) is 0 Å². The second-order valence-corrected chi connectivity index (χ2v) is 5.80. The van der Waals surface area contributed by atoms with Crippen LogP contribution in [-0.4, -0.2) is 35.3 Å². The van der Waals surface area contributed by atoms with E-state index in [1.54, 1.807) is 25.8 Å². The lowest BCUT2D eigenvalue weighted by atomic mass is 9.82. The van der Waals surface area contributed by atoms with E-state index in [0.717, 1.165) is 0 Å². The lowest BCUT2D eigenvalue weighted by molar-refractivity contribution is -0.155. The molecule has 1 atom stereocenters. The SMILES string of the molecule is CN1C(=O)C(C)(C)NC(=O)C1C(C)(C)C. The van der Waals surface area contributed by atoms with Crippen LogP contribution in [0.3, 0.4) is 0 Å². The lowest BCUT2D eigenvalue weighted by Gasteiger charge is -2.45. The maximum absolute atomic E-state index is 12.0. The number of piperazine rings is 1. The molecule has 2 amide bonds. The van der Waals surface area contributed by atoms with Crippen LogP contribution in [0, 0.1) is 5.41 Å². The van der Waals surface area contributed by atoms with Crippen molar-refractivity contribution in [1.29, 1.82) is 0 Å². The molecule has 0 saturated carbocycles. The number of hydrogen-bond acceptors (Lipinski definition) is 2. The summed E-state index contributed by atoms with van der Waals surface area (Å²) < 4.78 is 0. The molecule has 1 unspecified atom stereocenters. The summed E-state index contributed by atoms with van der Waals surface area (Å²) >= 11 is 0. The Kier molecular flexibility index (Phi) is 2.58. The first-order chi connectivity index (χ1) is 6.57. The van der Waals surface area contributed by atoms with Crippen molar-refractivity contribution < 1.29 is 9.59 Å². The molecule has 1 N–H and O–H groups in total. The number of hydrogen-bond donors (Lipinski definition) is 1. The summed E-state index contributed by atoms with van der Waals surface area (Å²) in [5.41, 5.74) is -1.03. The van der Waals surface area contributed by atoms with Gasteiger partial charge in [-0.2, -0.15) is 0 Å². The minimum Gasteiger partial charge on any atom is -0.340 e. The van der Waals surface area contributed by atoms with Gasteiger partial charge in [-0.3, -0.25) is 9.59 Å². The summed E-state index contributed by atoms with van der Waals surface area (Å²) in [4.78, 5) is 25.4. The van der Waals surface area contributed by atoms with Crippen LogP contribution >= 0.6 is 0 Å². The van der Waals surface area contributed by atoms with Gasteiger partial charge in [0.25, 0.3) is 0 Å². The average molecular weight is 212 g/mol. The van der Waals surface area contributed by atoms with Gasteiger partial charge in [-0.1, -0.05) is 20.8 Å². The minimum absolute atomic E-state index is 0.0398. The monoisotopic (exact) mass is 212 g/mol. The quantitative estimate of drug-likeness (QED) is 0.644. The van der Waals surface area contributed by atoms with Crippen LogP contribution in [0.1, 0.15) is 34.6 Å². The molecule has 1 rings (SSSR count). The van der Waals surface area contributed by atoms with Crippen LogP contribution in [0.5, 0.6) is 0 Å². The predicted octanol–water partition coefficient (Wildman–Crippen LogP) is 0.768. The number of rotatable bonds is 0. The highest BCUT2D eigenvalue weighted by Gasteiger charge is 2.47. The zero-order valence-electron chi connectivity index (χ0n) is 10.3. The Balaban J connectivity index is 3.06. The molecule has 0 aromatic rings. The zero-order valence-corrected chi connectivity index (χ0v) is 10.3. The van der Waals surface area contributed by atoms with Gasteiger partial charge in [0.15, 0.2) is 0 Å². The van der Waals surface area contributed by atoms with Gasteiger partial charge in [0.05, 0.1) is 0 Å². The van der Waals surface area contributed by atoms with Gasteiger partial charge >= 0.3 is 0 Å². The molecular weight excluding hydrogens is 192 g/mol. The van der Waals surface area contributed by atoms with E-state index in [9.17, 15) is 9.59 Å². The summed E-state index contributed by atoms with van der Waals surface area (Å²) in [6, 6.07) is -0.391. The molecule has 1 fully saturated rings. The third-order valence-electron chi connectivity index (χ3n) is 2.75.